The highest BCUT2D eigenvalue weighted by Crippen LogP contribution is 2.28. The van der Waals surface area contributed by atoms with Gasteiger partial charge in [-0.2, -0.15) is 0 Å². The standard InChI is InChI=1S/C17H19ClN2O2S/c18-14-6-3-12(4-7-14)5-8-16(21)20-11-23-10-15(20)17(22)19-9-13-1-2-13/h3-8,13,15H,1-2,9-11H2,(H,19,22)/b8-5+. The zero-order chi connectivity index (χ0) is 16.2. The van der Waals surface area contributed by atoms with Crippen LogP contribution >= 0.6 is 23.4 Å². The van der Waals surface area contributed by atoms with Crippen molar-refractivity contribution in [3.63, 3.8) is 0 Å². The monoisotopic (exact) mass is 350 g/mol. The third-order valence-electron chi connectivity index (χ3n) is 4.02. The number of amides is 2. The van der Waals surface area contributed by atoms with Gasteiger partial charge in [-0.3, -0.25) is 9.59 Å². The van der Waals surface area contributed by atoms with E-state index >= 15 is 0 Å². The van der Waals surface area contributed by atoms with Crippen LogP contribution in [0.2, 0.25) is 5.02 Å². The number of halogens is 1. The van der Waals surface area contributed by atoms with Gasteiger partial charge in [0.1, 0.15) is 6.04 Å². The Kier molecular flexibility index (Phi) is 5.28. The Morgan fingerprint density at radius 3 is 2.74 bits per heavy atom. The molecule has 3 rings (SSSR count). The van der Waals surface area contributed by atoms with Crippen LogP contribution in [0.25, 0.3) is 6.08 Å². The molecule has 2 amide bonds. The van der Waals surface area contributed by atoms with Gasteiger partial charge >= 0.3 is 0 Å². The van der Waals surface area contributed by atoms with Gasteiger partial charge in [-0.1, -0.05) is 23.7 Å². The van der Waals surface area contributed by atoms with E-state index in [9.17, 15) is 9.59 Å². The lowest BCUT2D eigenvalue weighted by atomic mass is 10.2. The van der Waals surface area contributed by atoms with Crippen LogP contribution in [0.1, 0.15) is 18.4 Å². The summed E-state index contributed by atoms with van der Waals surface area (Å²) in [6, 6.07) is 6.91. The molecule has 0 radical (unpaired) electrons. The zero-order valence-electron chi connectivity index (χ0n) is 12.7. The van der Waals surface area contributed by atoms with E-state index in [-0.39, 0.29) is 17.9 Å². The van der Waals surface area contributed by atoms with Gasteiger partial charge in [0.15, 0.2) is 0 Å². The molecule has 122 valence electrons. The summed E-state index contributed by atoms with van der Waals surface area (Å²) >= 11 is 7.46. The number of nitrogens with zero attached hydrogens (tertiary/aromatic N) is 1. The van der Waals surface area contributed by atoms with Gasteiger partial charge in [0, 0.05) is 23.4 Å². The molecule has 1 atom stereocenters. The minimum atomic E-state index is -0.360. The quantitative estimate of drug-likeness (QED) is 0.831. The maximum absolute atomic E-state index is 12.4. The van der Waals surface area contributed by atoms with E-state index in [1.807, 2.05) is 12.1 Å². The third-order valence-corrected chi connectivity index (χ3v) is 5.28. The average Bonchev–Trinajstić information content (AvgIpc) is 3.25. The van der Waals surface area contributed by atoms with Crippen LogP contribution in [0.5, 0.6) is 0 Å². The van der Waals surface area contributed by atoms with E-state index in [1.165, 1.54) is 18.9 Å². The maximum atomic E-state index is 12.4. The second-order valence-electron chi connectivity index (χ2n) is 5.90. The first-order valence-electron chi connectivity index (χ1n) is 7.73. The van der Waals surface area contributed by atoms with E-state index < -0.39 is 0 Å². The predicted octanol–water partition coefficient (Wildman–Crippen LogP) is 2.78. The van der Waals surface area contributed by atoms with Crippen molar-refractivity contribution in [2.24, 2.45) is 5.92 Å². The molecule has 2 aliphatic rings. The number of nitrogens with one attached hydrogen (secondary N) is 1. The fraction of sp³-hybridized carbons (Fsp3) is 0.412. The van der Waals surface area contributed by atoms with Crippen LogP contribution in [-0.2, 0) is 9.59 Å². The summed E-state index contributed by atoms with van der Waals surface area (Å²) in [6.45, 7) is 0.739. The lowest BCUT2D eigenvalue weighted by molar-refractivity contribution is -0.134. The lowest BCUT2D eigenvalue weighted by Gasteiger charge is -2.21. The summed E-state index contributed by atoms with van der Waals surface area (Å²) < 4.78 is 0. The van der Waals surface area contributed by atoms with Crippen molar-refractivity contribution in [3.8, 4) is 0 Å². The second kappa shape index (κ2) is 7.41. The molecule has 0 aromatic heterocycles. The molecule has 1 heterocycles. The number of hydrogen-bond acceptors (Lipinski definition) is 3. The van der Waals surface area contributed by atoms with Gasteiger partial charge in [0.2, 0.25) is 11.8 Å². The Morgan fingerprint density at radius 1 is 1.30 bits per heavy atom. The van der Waals surface area contributed by atoms with Crippen LogP contribution in [0, 0.1) is 5.92 Å². The van der Waals surface area contributed by atoms with Crippen LogP contribution in [0.15, 0.2) is 30.3 Å². The topological polar surface area (TPSA) is 49.4 Å². The van der Waals surface area contributed by atoms with Gasteiger partial charge in [0.05, 0.1) is 5.88 Å². The van der Waals surface area contributed by atoms with Gasteiger partial charge in [-0.05, 0) is 42.5 Å². The van der Waals surface area contributed by atoms with Crippen molar-refractivity contribution in [2.75, 3.05) is 18.2 Å². The molecule has 1 aromatic rings. The molecule has 1 aromatic carbocycles. The minimum absolute atomic E-state index is 0.0323. The Hall–Kier alpha value is -1.46. The maximum Gasteiger partial charge on any atom is 0.247 e. The molecule has 0 spiro atoms. The molecule has 2 fully saturated rings. The summed E-state index contributed by atoms with van der Waals surface area (Å²) in [5, 5.41) is 3.63. The van der Waals surface area contributed by atoms with Crippen LogP contribution < -0.4 is 5.32 Å². The Bertz CT molecular complexity index is 614. The normalized spacial score (nSPS) is 20.9. The molecule has 4 nitrogen and oxygen atoms in total. The summed E-state index contributed by atoms with van der Waals surface area (Å²) in [5.74, 6) is 1.70. The largest absolute Gasteiger partial charge is 0.354 e. The highest BCUT2D eigenvalue weighted by Gasteiger charge is 2.34. The van der Waals surface area contributed by atoms with Crippen molar-refractivity contribution in [2.45, 2.75) is 18.9 Å². The van der Waals surface area contributed by atoms with Crippen LogP contribution in [0.3, 0.4) is 0 Å². The molecule has 6 heteroatoms. The number of thioether (sulfide) groups is 1. The third kappa shape index (κ3) is 4.52. The average molecular weight is 351 g/mol. The number of carbonyl (C=O) groups is 2. The van der Waals surface area contributed by atoms with Gasteiger partial charge < -0.3 is 10.2 Å². The molecule has 1 saturated heterocycles. The van der Waals surface area contributed by atoms with Crippen LogP contribution in [0.4, 0.5) is 0 Å². The van der Waals surface area contributed by atoms with Crippen molar-refractivity contribution in [1.82, 2.24) is 10.2 Å². The molecule has 0 bridgehead atoms. The fourth-order valence-corrected chi connectivity index (χ4v) is 3.69. The molecular weight excluding hydrogens is 332 g/mol. The molecule has 1 unspecified atom stereocenters. The summed E-state index contributed by atoms with van der Waals surface area (Å²) in [5.41, 5.74) is 0.907. The molecule has 1 aliphatic carbocycles. The number of hydrogen-bond donors (Lipinski definition) is 1. The van der Waals surface area contributed by atoms with E-state index in [2.05, 4.69) is 5.32 Å². The Labute approximate surface area is 145 Å². The van der Waals surface area contributed by atoms with E-state index in [0.717, 1.165) is 12.1 Å². The Balaban J connectivity index is 1.58. The zero-order valence-corrected chi connectivity index (χ0v) is 14.3. The second-order valence-corrected chi connectivity index (χ2v) is 7.33. The van der Waals surface area contributed by atoms with Crippen molar-refractivity contribution < 1.29 is 9.59 Å². The first kappa shape index (κ1) is 16.4. The van der Waals surface area contributed by atoms with Gasteiger partial charge in [-0.25, -0.2) is 0 Å². The summed E-state index contributed by atoms with van der Waals surface area (Å²) in [7, 11) is 0. The van der Waals surface area contributed by atoms with E-state index in [0.29, 0.717) is 22.6 Å². The van der Waals surface area contributed by atoms with Crippen LogP contribution in [-0.4, -0.2) is 40.9 Å². The smallest absolute Gasteiger partial charge is 0.247 e. The number of rotatable bonds is 5. The summed E-state index contributed by atoms with van der Waals surface area (Å²) in [6.07, 6.45) is 5.68. The molecular formula is C17H19ClN2O2S. The predicted molar refractivity (Wildman–Crippen MR) is 94.2 cm³/mol. The summed E-state index contributed by atoms with van der Waals surface area (Å²) in [4.78, 5) is 26.3. The molecule has 1 saturated carbocycles. The highest BCUT2D eigenvalue weighted by molar-refractivity contribution is 7.99. The fourth-order valence-electron chi connectivity index (χ4n) is 2.40. The lowest BCUT2D eigenvalue weighted by Crippen LogP contribution is -2.47. The Morgan fingerprint density at radius 2 is 2.04 bits per heavy atom. The van der Waals surface area contributed by atoms with Crippen molar-refractivity contribution >= 4 is 41.3 Å². The highest BCUT2D eigenvalue weighted by atomic mass is 35.5. The van der Waals surface area contributed by atoms with Gasteiger partial charge in [-0.15, -0.1) is 11.8 Å². The number of benzene rings is 1. The first-order chi connectivity index (χ1) is 11.1. The van der Waals surface area contributed by atoms with Gasteiger partial charge in [0.25, 0.3) is 0 Å². The van der Waals surface area contributed by atoms with E-state index in [1.54, 1.807) is 34.9 Å². The van der Waals surface area contributed by atoms with Crippen molar-refractivity contribution in [1.29, 1.82) is 0 Å². The molecule has 1 aliphatic heterocycles. The number of carbonyl (C=O) groups excluding carboxylic acids is 2. The minimum Gasteiger partial charge on any atom is -0.354 e. The SMILES string of the molecule is O=C(NCC1CC1)C1CSCN1C(=O)/C=C/c1ccc(Cl)cc1. The van der Waals surface area contributed by atoms with Crippen molar-refractivity contribution in [3.05, 3.63) is 40.9 Å². The first-order valence-corrected chi connectivity index (χ1v) is 9.26. The van der Waals surface area contributed by atoms with E-state index in [4.69, 9.17) is 11.6 Å². The molecule has 23 heavy (non-hydrogen) atoms. The molecule has 1 N–H and O–H groups in total.